The molecule has 2 unspecified atom stereocenters. The predicted molar refractivity (Wildman–Crippen MR) is 56.1 cm³/mol. The first-order chi connectivity index (χ1) is 6.50. The molecule has 14 heavy (non-hydrogen) atoms. The number of hydrogen-bond donors (Lipinski definition) is 0. The molecular weight excluding hydrogens is 176 g/mol. The molecule has 0 radical (unpaired) electrons. The Balaban J connectivity index is 1.73. The zero-order valence-corrected chi connectivity index (χ0v) is 9.80. The van der Waals surface area contributed by atoms with E-state index in [0.717, 1.165) is 0 Å². The molecule has 2 saturated heterocycles. The van der Waals surface area contributed by atoms with Crippen molar-refractivity contribution < 1.29 is 9.47 Å². The fourth-order valence-electron chi connectivity index (χ4n) is 2.29. The Kier molecular flexibility index (Phi) is 2.39. The topological polar surface area (TPSA) is 25.1 Å². The maximum atomic E-state index is 5.70. The fourth-order valence-corrected chi connectivity index (χ4v) is 2.29. The van der Waals surface area contributed by atoms with E-state index in [9.17, 15) is 0 Å². The van der Waals surface area contributed by atoms with Gasteiger partial charge < -0.3 is 9.47 Å². The van der Waals surface area contributed by atoms with Crippen molar-refractivity contribution >= 4 is 0 Å². The van der Waals surface area contributed by atoms with Crippen LogP contribution in [0, 0.1) is 5.41 Å². The zero-order valence-electron chi connectivity index (χ0n) is 9.80. The lowest BCUT2D eigenvalue weighted by atomic mass is 9.89. The van der Waals surface area contributed by atoms with Gasteiger partial charge in [-0.2, -0.15) is 0 Å². The minimum absolute atomic E-state index is 0.133. The average Bonchev–Trinajstić information content (AvgIpc) is 2.92. The highest BCUT2D eigenvalue weighted by molar-refractivity contribution is 5.15. The van der Waals surface area contributed by atoms with Crippen LogP contribution in [0.5, 0.6) is 0 Å². The van der Waals surface area contributed by atoms with Crippen LogP contribution in [0.2, 0.25) is 0 Å². The van der Waals surface area contributed by atoms with Crippen LogP contribution in [0.15, 0.2) is 0 Å². The van der Waals surface area contributed by atoms with Crippen LogP contribution in [0.1, 0.15) is 53.4 Å². The van der Waals surface area contributed by atoms with Crippen molar-refractivity contribution in [2.75, 3.05) is 0 Å². The molecule has 2 aliphatic heterocycles. The molecule has 0 amide bonds. The van der Waals surface area contributed by atoms with Crippen molar-refractivity contribution in [2.45, 2.75) is 71.4 Å². The van der Waals surface area contributed by atoms with Gasteiger partial charge in [0.25, 0.3) is 0 Å². The van der Waals surface area contributed by atoms with Gasteiger partial charge in [0.05, 0.1) is 0 Å². The molecule has 82 valence electrons. The molecular formula is C12H22O2. The molecule has 0 aromatic rings. The van der Waals surface area contributed by atoms with Gasteiger partial charge in [0.2, 0.25) is 5.79 Å². The molecule has 0 bridgehead atoms. The van der Waals surface area contributed by atoms with Gasteiger partial charge in [-0.3, -0.25) is 0 Å². The van der Waals surface area contributed by atoms with Gasteiger partial charge in [0.15, 0.2) is 0 Å². The second-order valence-electron chi connectivity index (χ2n) is 5.69. The third-order valence-electron chi connectivity index (χ3n) is 3.18. The smallest absolute Gasteiger partial charge is 0.223 e. The Morgan fingerprint density at radius 2 is 1.86 bits per heavy atom. The quantitative estimate of drug-likeness (QED) is 0.512. The van der Waals surface area contributed by atoms with Crippen LogP contribution in [0.4, 0.5) is 0 Å². The van der Waals surface area contributed by atoms with E-state index >= 15 is 0 Å². The van der Waals surface area contributed by atoms with E-state index < -0.39 is 0 Å². The van der Waals surface area contributed by atoms with Crippen molar-refractivity contribution in [3.63, 3.8) is 0 Å². The number of epoxide rings is 2. The average molecular weight is 198 g/mol. The minimum Gasteiger partial charge on any atom is -0.336 e. The van der Waals surface area contributed by atoms with Crippen LogP contribution in [-0.2, 0) is 9.47 Å². The van der Waals surface area contributed by atoms with Crippen LogP contribution in [-0.4, -0.2) is 18.0 Å². The lowest BCUT2D eigenvalue weighted by Crippen LogP contribution is -2.18. The van der Waals surface area contributed by atoms with Crippen molar-refractivity contribution in [1.82, 2.24) is 0 Å². The van der Waals surface area contributed by atoms with E-state index in [4.69, 9.17) is 9.47 Å². The highest BCUT2D eigenvalue weighted by Crippen LogP contribution is 2.62. The van der Waals surface area contributed by atoms with Crippen LogP contribution >= 0.6 is 0 Å². The van der Waals surface area contributed by atoms with Crippen LogP contribution in [0.3, 0.4) is 0 Å². The summed E-state index contributed by atoms with van der Waals surface area (Å²) in [6, 6.07) is 0. The molecule has 0 aliphatic carbocycles. The van der Waals surface area contributed by atoms with Crippen LogP contribution in [0.25, 0.3) is 0 Å². The summed E-state index contributed by atoms with van der Waals surface area (Å²) in [5, 5.41) is 0. The molecule has 0 N–H and O–H groups in total. The van der Waals surface area contributed by atoms with Crippen molar-refractivity contribution in [1.29, 1.82) is 0 Å². The first kappa shape index (κ1) is 10.4. The summed E-state index contributed by atoms with van der Waals surface area (Å²) in [7, 11) is 0. The molecule has 1 spiro atoms. The molecule has 0 aromatic carbocycles. The molecule has 0 aromatic heterocycles. The third kappa shape index (κ3) is 1.70. The number of ether oxygens (including phenoxy) is 2. The monoisotopic (exact) mass is 198 g/mol. The van der Waals surface area contributed by atoms with Crippen molar-refractivity contribution in [3.8, 4) is 0 Å². The fraction of sp³-hybridized carbons (Fsp3) is 1.00. The molecule has 2 fully saturated rings. The number of unbranched alkanes of at least 4 members (excludes halogenated alkanes) is 2. The first-order valence-electron chi connectivity index (χ1n) is 5.86. The minimum atomic E-state index is -0.133. The molecule has 2 heteroatoms. The van der Waals surface area contributed by atoms with Crippen LogP contribution < -0.4 is 0 Å². The van der Waals surface area contributed by atoms with E-state index in [1.165, 1.54) is 25.7 Å². The number of hydrogen-bond acceptors (Lipinski definition) is 2. The summed E-state index contributed by atoms with van der Waals surface area (Å²) < 4.78 is 11.4. The Morgan fingerprint density at radius 3 is 2.36 bits per heavy atom. The highest BCUT2D eigenvalue weighted by atomic mass is 16.9. The standard InChI is InChI=1S/C12H22O2/c1-5-6-7-8-9-12(13-9)10(14-12)11(2,3)4/h9-10H,5-8H2,1-4H3/t9?,10?,12-/m1/s1. The van der Waals surface area contributed by atoms with E-state index in [0.29, 0.717) is 12.2 Å². The molecule has 2 aliphatic rings. The SMILES string of the molecule is CCCCCC1O[C@@]12OC2C(C)(C)C. The molecule has 2 nitrogen and oxygen atoms in total. The first-order valence-corrected chi connectivity index (χ1v) is 5.86. The molecule has 2 heterocycles. The maximum Gasteiger partial charge on any atom is 0.223 e. The van der Waals surface area contributed by atoms with E-state index in [-0.39, 0.29) is 11.2 Å². The Bertz CT molecular complexity index is 219. The normalized spacial score (nSPS) is 40.3. The molecule has 0 saturated carbocycles. The van der Waals surface area contributed by atoms with Gasteiger partial charge >= 0.3 is 0 Å². The van der Waals surface area contributed by atoms with Gasteiger partial charge in [-0.15, -0.1) is 0 Å². The van der Waals surface area contributed by atoms with E-state index in [1.54, 1.807) is 0 Å². The Hall–Kier alpha value is -0.0800. The number of rotatable bonds is 4. The van der Waals surface area contributed by atoms with Gasteiger partial charge in [0, 0.05) is 0 Å². The van der Waals surface area contributed by atoms with Gasteiger partial charge in [-0.1, -0.05) is 47.0 Å². The summed E-state index contributed by atoms with van der Waals surface area (Å²) >= 11 is 0. The highest BCUT2D eigenvalue weighted by Gasteiger charge is 2.78. The second kappa shape index (κ2) is 3.21. The van der Waals surface area contributed by atoms with E-state index in [2.05, 4.69) is 27.7 Å². The van der Waals surface area contributed by atoms with E-state index in [1.807, 2.05) is 0 Å². The van der Waals surface area contributed by atoms with Crippen molar-refractivity contribution in [3.05, 3.63) is 0 Å². The largest absolute Gasteiger partial charge is 0.336 e. The zero-order chi connectivity index (χ0) is 10.4. The molecule has 3 atom stereocenters. The lowest BCUT2D eigenvalue weighted by molar-refractivity contribution is 0.228. The second-order valence-corrected chi connectivity index (χ2v) is 5.69. The third-order valence-corrected chi connectivity index (χ3v) is 3.18. The van der Waals surface area contributed by atoms with Gasteiger partial charge in [0.1, 0.15) is 12.2 Å². The molecule has 2 rings (SSSR count). The summed E-state index contributed by atoms with van der Waals surface area (Å²) in [5.74, 6) is -0.133. The summed E-state index contributed by atoms with van der Waals surface area (Å²) in [6.45, 7) is 8.89. The van der Waals surface area contributed by atoms with Crippen molar-refractivity contribution in [2.24, 2.45) is 5.41 Å². The maximum absolute atomic E-state index is 5.70. The predicted octanol–water partition coefficient (Wildman–Crippen LogP) is 3.11. The summed E-state index contributed by atoms with van der Waals surface area (Å²) in [6.07, 6.45) is 5.79. The van der Waals surface area contributed by atoms with Gasteiger partial charge in [-0.05, 0) is 11.8 Å². The summed E-state index contributed by atoms with van der Waals surface area (Å²) in [4.78, 5) is 0. The summed E-state index contributed by atoms with van der Waals surface area (Å²) in [5.41, 5.74) is 0.236. The lowest BCUT2D eigenvalue weighted by Gasteiger charge is -2.12. The van der Waals surface area contributed by atoms with Gasteiger partial charge in [-0.25, -0.2) is 0 Å². The Labute approximate surface area is 87.0 Å². The Morgan fingerprint density at radius 1 is 1.14 bits per heavy atom.